The first-order valence-electron chi connectivity index (χ1n) is 8.49. The summed E-state index contributed by atoms with van der Waals surface area (Å²) in [5.74, 6) is 0.853. The van der Waals surface area contributed by atoms with E-state index >= 15 is 0 Å². The maximum Gasteiger partial charge on any atom is 0.236 e. The van der Waals surface area contributed by atoms with Crippen LogP contribution in [0.2, 0.25) is 0 Å². The van der Waals surface area contributed by atoms with E-state index in [0.717, 1.165) is 13.0 Å². The fourth-order valence-corrected chi connectivity index (χ4v) is 3.72. The van der Waals surface area contributed by atoms with E-state index in [9.17, 15) is 4.79 Å². The lowest BCUT2D eigenvalue weighted by Crippen LogP contribution is -2.52. The Hall–Kier alpha value is -0.610. The number of nitrogens with one attached hydrogen (secondary N) is 3. The highest BCUT2D eigenvalue weighted by molar-refractivity contribution is 5.81. The average molecular weight is 281 g/mol. The quantitative estimate of drug-likeness (QED) is 0.696. The van der Waals surface area contributed by atoms with E-state index in [4.69, 9.17) is 0 Å². The molecular weight excluding hydrogens is 250 g/mol. The fraction of sp³-hybridized carbons (Fsp3) is 0.938. The van der Waals surface area contributed by atoms with Gasteiger partial charge in [0.15, 0.2) is 0 Å². The Kier molecular flexibility index (Phi) is 6.30. The van der Waals surface area contributed by atoms with Crippen molar-refractivity contribution in [2.45, 2.75) is 76.9 Å². The molecule has 1 aliphatic heterocycles. The molecule has 1 heterocycles. The van der Waals surface area contributed by atoms with E-state index in [2.05, 4.69) is 22.9 Å². The third kappa shape index (κ3) is 4.19. The van der Waals surface area contributed by atoms with Gasteiger partial charge < -0.3 is 16.0 Å². The van der Waals surface area contributed by atoms with Crippen LogP contribution in [-0.4, -0.2) is 37.1 Å². The lowest BCUT2D eigenvalue weighted by Gasteiger charge is -2.34. The molecule has 2 fully saturated rings. The molecule has 20 heavy (non-hydrogen) atoms. The second-order valence-corrected chi connectivity index (χ2v) is 6.44. The predicted octanol–water partition coefficient (Wildman–Crippen LogP) is 1.80. The third-order valence-corrected chi connectivity index (χ3v) is 4.84. The van der Waals surface area contributed by atoms with Crippen molar-refractivity contribution in [1.82, 2.24) is 16.0 Å². The first kappa shape index (κ1) is 15.8. The van der Waals surface area contributed by atoms with Crippen LogP contribution in [0, 0.1) is 5.92 Å². The van der Waals surface area contributed by atoms with Gasteiger partial charge in [0.05, 0.1) is 6.04 Å². The Morgan fingerprint density at radius 3 is 2.80 bits per heavy atom. The second-order valence-electron chi connectivity index (χ2n) is 6.44. The highest BCUT2D eigenvalue weighted by Gasteiger charge is 2.35. The van der Waals surface area contributed by atoms with Crippen LogP contribution < -0.4 is 16.0 Å². The van der Waals surface area contributed by atoms with Crippen molar-refractivity contribution in [3.63, 3.8) is 0 Å². The van der Waals surface area contributed by atoms with Gasteiger partial charge in [-0.05, 0) is 51.5 Å². The van der Waals surface area contributed by atoms with Crippen LogP contribution in [0.25, 0.3) is 0 Å². The molecule has 3 N–H and O–H groups in total. The Balaban J connectivity index is 1.82. The Morgan fingerprint density at radius 2 is 2.10 bits per heavy atom. The van der Waals surface area contributed by atoms with Crippen molar-refractivity contribution < 1.29 is 4.79 Å². The maximum absolute atomic E-state index is 12.0. The van der Waals surface area contributed by atoms with Crippen molar-refractivity contribution in [3.05, 3.63) is 0 Å². The molecule has 2 rings (SSSR count). The minimum Gasteiger partial charge on any atom is -0.355 e. The molecule has 0 spiro atoms. The zero-order chi connectivity index (χ0) is 14.4. The van der Waals surface area contributed by atoms with E-state index in [0.29, 0.717) is 18.0 Å². The molecule has 4 heteroatoms. The number of rotatable bonds is 6. The summed E-state index contributed by atoms with van der Waals surface area (Å²) in [4.78, 5) is 12.0. The van der Waals surface area contributed by atoms with Gasteiger partial charge in [0.25, 0.3) is 0 Å². The van der Waals surface area contributed by atoms with Gasteiger partial charge in [0.1, 0.15) is 0 Å². The Labute approximate surface area is 123 Å². The van der Waals surface area contributed by atoms with Gasteiger partial charge in [-0.3, -0.25) is 4.79 Å². The monoisotopic (exact) mass is 281 g/mol. The SMILES string of the molecule is CCCNC(=O)C(C)NC1CCCC1C1CCCCN1. The maximum atomic E-state index is 12.0. The highest BCUT2D eigenvalue weighted by Crippen LogP contribution is 2.31. The van der Waals surface area contributed by atoms with Crippen molar-refractivity contribution in [1.29, 1.82) is 0 Å². The summed E-state index contributed by atoms with van der Waals surface area (Å²) in [5, 5.41) is 10.3. The minimum absolute atomic E-state index is 0.0734. The number of carbonyl (C=O) groups excluding carboxylic acids is 1. The van der Waals surface area contributed by atoms with Gasteiger partial charge in [-0.1, -0.05) is 19.8 Å². The molecule has 4 atom stereocenters. The van der Waals surface area contributed by atoms with Crippen LogP contribution in [-0.2, 0) is 4.79 Å². The molecule has 0 aromatic carbocycles. The molecule has 116 valence electrons. The van der Waals surface area contributed by atoms with Crippen molar-refractivity contribution in [3.8, 4) is 0 Å². The topological polar surface area (TPSA) is 53.2 Å². The molecule has 2 aliphatic rings. The molecular formula is C16H31N3O. The normalized spacial score (nSPS) is 32.0. The molecule has 0 aromatic heterocycles. The summed E-state index contributed by atoms with van der Waals surface area (Å²) in [7, 11) is 0. The summed E-state index contributed by atoms with van der Waals surface area (Å²) in [6, 6.07) is 1.10. The predicted molar refractivity (Wildman–Crippen MR) is 82.7 cm³/mol. The highest BCUT2D eigenvalue weighted by atomic mass is 16.2. The molecule has 1 saturated carbocycles. The van der Waals surface area contributed by atoms with Crippen LogP contribution in [0.4, 0.5) is 0 Å². The summed E-state index contributed by atoms with van der Waals surface area (Å²) >= 11 is 0. The molecule has 0 radical (unpaired) electrons. The van der Waals surface area contributed by atoms with Crippen molar-refractivity contribution >= 4 is 5.91 Å². The number of amides is 1. The van der Waals surface area contributed by atoms with Crippen LogP contribution >= 0.6 is 0 Å². The van der Waals surface area contributed by atoms with Gasteiger partial charge >= 0.3 is 0 Å². The molecule has 1 amide bonds. The molecule has 4 nitrogen and oxygen atoms in total. The van der Waals surface area contributed by atoms with Crippen LogP contribution in [0.5, 0.6) is 0 Å². The van der Waals surface area contributed by atoms with E-state index in [1.165, 1.54) is 45.1 Å². The average Bonchev–Trinajstić information content (AvgIpc) is 2.93. The number of piperidine rings is 1. The number of carbonyl (C=O) groups is 1. The molecule has 1 aliphatic carbocycles. The summed E-state index contributed by atoms with van der Waals surface area (Å²) < 4.78 is 0. The Morgan fingerprint density at radius 1 is 1.25 bits per heavy atom. The van der Waals surface area contributed by atoms with Gasteiger partial charge in [-0.25, -0.2) is 0 Å². The third-order valence-electron chi connectivity index (χ3n) is 4.84. The van der Waals surface area contributed by atoms with Crippen molar-refractivity contribution in [2.75, 3.05) is 13.1 Å². The molecule has 0 bridgehead atoms. The zero-order valence-corrected chi connectivity index (χ0v) is 13.1. The molecule has 4 unspecified atom stereocenters. The van der Waals surface area contributed by atoms with E-state index in [1.54, 1.807) is 0 Å². The molecule has 0 aromatic rings. The second kappa shape index (κ2) is 7.99. The zero-order valence-electron chi connectivity index (χ0n) is 13.1. The molecule has 1 saturated heterocycles. The van der Waals surface area contributed by atoms with Crippen LogP contribution in [0.3, 0.4) is 0 Å². The number of hydrogen-bond donors (Lipinski definition) is 3. The summed E-state index contributed by atoms with van der Waals surface area (Å²) in [6.07, 6.45) is 8.79. The first-order chi connectivity index (χ1) is 9.72. The van der Waals surface area contributed by atoms with Crippen LogP contribution in [0.1, 0.15) is 58.8 Å². The standard InChI is InChI=1S/C16H31N3O/c1-3-10-18-16(20)12(2)19-15-9-6-7-13(15)14-8-4-5-11-17-14/h12-15,17,19H,3-11H2,1-2H3,(H,18,20). The first-order valence-corrected chi connectivity index (χ1v) is 8.49. The Bertz CT molecular complexity index is 302. The minimum atomic E-state index is -0.0734. The van der Waals surface area contributed by atoms with Gasteiger partial charge in [-0.2, -0.15) is 0 Å². The van der Waals surface area contributed by atoms with Gasteiger partial charge in [0.2, 0.25) is 5.91 Å². The summed E-state index contributed by atoms with van der Waals surface area (Å²) in [5.41, 5.74) is 0. The lowest BCUT2D eigenvalue weighted by atomic mass is 9.88. The van der Waals surface area contributed by atoms with Crippen LogP contribution in [0.15, 0.2) is 0 Å². The number of hydrogen-bond acceptors (Lipinski definition) is 3. The largest absolute Gasteiger partial charge is 0.355 e. The van der Waals surface area contributed by atoms with Crippen molar-refractivity contribution in [2.24, 2.45) is 5.92 Å². The van der Waals surface area contributed by atoms with Gasteiger partial charge in [0, 0.05) is 18.6 Å². The van der Waals surface area contributed by atoms with E-state index in [-0.39, 0.29) is 11.9 Å². The lowest BCUT2D eigenvalue weighted by molar-refractivity contribution is -0.123. The smallest absolute Gasteiger partial charge is 0.236 e. The summed E-state index contributed by atoms with van der Waals surface area (Å²) in [6.45, 7) is 6.03. The van der Waals surface area contributed by atoms with E-state index in [1.807, 2.05) is 6.92 Å². The van der Waals surface area contributed by atoms with Gasteiger partial charge in [-0.15, -0.1) is 0 Å². The fourth-order valence-electron chi connectivity index (χ4n) is 3.72. The van der Waals surface area contributed by atoms with E-state index < -0.39 is 0 Å².